The van der Waals surface area contributed by atoms with Crippen LogP contribution >= 0.6 is 0 Å². The molecule has 112 valence electrons. The number of nitrogens with zero attached hydrogens (tertiary/aromatic N) is 3. The van der Waals surface area contributed by atoms with Gasteiger partial charge in [0.2, 0.25) is 0 Å². The molecule has 1 aromatic carbocycles. The van der Waals surface area contributed by atoms with Crippen LogP contribution in [0.5, 0.6) is 0 Å². The molecule has 0 saturated heterocycles. The van der Waals surface area contributed by atoms with E-state index in [0.29, 0.717) is 12.2 Å². The SMILES string of the molecule is Cc1c(C(=O)OCc2ccccc2)nnn1CC(C)CO. The van der Waals surface area contributed by atoms with Crippen LogP contribution in [-0.2, 0) is 17.9 Å². The summed E-state index contributed by atoms with van der Waals surface area (Å²) in [5, 5.41) is 16.9. The van der Waals surface area contributed by atoms with Gasteiger partial charge in [0.15, 0.2) is 5.69 Å². The van der Waals surface area contributed by atoms with Crippen molar-refractivity contribution in [1.29, 1.82) is 0 Å². The highest BCUT2D eigenvalue weighted by Gasteiger charge is 2.18. The monoisotopic (exact) mass is 289 g/mol. The molecule has 0 radical (unpaired) electrons. The van der Waals surface area contributed by atoms with Crippen LogP contribution in [0.2, 0.25) is 0 Å². The summed E-state index contributed by atoms with van der Waals surface area (Å²) in [6.07, 6.45) is 0. The first kappa shape index (κ1) is 15.2. The van der Waals surface area contributed by atoms with Crippen molar-refractivity contribution in [1.82, 2.24) is 15.0 Å². The van der Waals surface area contributed by atoms with Crippen molar-refractivity contribution < 1.29 is 14.6 Å². The molecule has 0 aliphatic rings. The summed E-state index contributed by atoms with van der Waals surface area (Å²) in [7, 11) is 0. The lowest BCUT2D eigenvalue weighted by molar-refractivity contribution is 0.0464. The summed E-state index contributed by atoms with van der Waals surface area (Å²) >= 11 is 0. The van der Waals surface area contributed by atoms with Crippen LogP contribution < -0.4 is 0 Å². The van der Waals surface area contributed by atoms with E-state index in [1.807, 2.05) is 37.3 Å². The summed E-state index contributed by atoms with van der Waals surface area (Å²) in [5.74, 6) is -0.433. The molecule has 21 heavy (non-hydrogen) atoms. The minimum Gasteiger partial charge on any atom is -0.456 e. The highest BCUT2D eigenvalue weighted by atomic mass is 16.5. The molecule has 6 nitrogen and oxygen atoms in total. The predicted molar refractivity (Wildman–Crippen MR) is 76.6 cm³/mol. The number of ether oxygens (including phenoxy) is 1. The maximum absolute atomic E-state index is 12.0. The number of aromatic nitrogens is 3. The molecule has 0 fully saturated rings. The van der Waals surface area contributed by atoms with Gasteiger partial charge in [-0.3, -0.25) is 0 Å². The van der Waals surface area contributed by atoms with Gasteiger partial charge in [0, 0.05) is 13.2 Å². The molecule has 2 rings (SSSR count). The van der Waals surface area contributed by atoms with Crippen LogP contribution in [0.15, 0.2) is 30.3 Å². The Morgan fingerprint density at radius 1 is 1.38 bits per heavy atom. The van der Waals surface area contributed by atoms with E-state index in [1.165, 1.54) is 0 Å². The van der Waals surface area contributed by atoms with E-state index in [2.05, 4.69) is 10.3 Å². The average Bonchev–Trinajstić information content (AvgIpc) is 2.87. The minimum atomic E-state index is -0.487. The lowest BCUT2D eigenvalue weighted by Crippen LogP contribution is -2.14. The molecule has 1 atom stereocenters. The Kier molecular flexibility index (Phi) is 5.05. The van der Waals surface area contributed by atoms with Crippen LogP contribution in [0, 0.1) is 12.8 Å². The molecule has 2 aromatic rings. The van der Waals surface area contributed by atoms with Gasteiger partial charge in [0.05, 0.1) is 5.69 Å². The Morgan fingerprint density at radius 2 is 2.10 bits per heavy atom. The van der Waals surface area contributed by atoms with Gasteiger partial charge in [-0.25, -0.2) is 9.48 Å². The number of carbonyl (C=O) groups excluding carboxylic acids is 1. The number of carbonyl (C=O) groups is 1. The summed E-state index contributed by atoms with van der Waals surface area (Å²) < 4.78 is 6.85. The molecule has 1 unspecified atom stereocenters. The average molecular weight is 289 g/mol. The largest absolute Gasteiger partial charge is 0.456 e. The van der Waals surface area contributed by atoms with Crippen molar-refractivity contribution in [3.63, 3.8) is 0 Å². The molecule has 0 spiro atoms. The third kappa shape index (κ3) is 3.88. The Labute approximate surface area is 123 Å². The second kappa shape index (κ2) is 6.99. The number of aliphatic hydroxyl groups excluding tert-OH is 1. The third-order valence-corrected chi connectivity index (χ3v) is 3.18. The minimum absolute atomic E-state index is 0.0542. The maximum Gasteiger partial charge on any atom is 0.361 e. The first-order chi connectivity index (χ1) is 10.1. The quantitative estimate of drug-likeness (QED) is 0.817. The molecule has 0 amide bonds. The van der Waals surface area contributed by atoms with Crippen LogP contribution in [0.4, 0.5) is 0 Å². The van der Waals surface area contributed by atoms with Gasteiger partial charge < -0.3 is 9.84 Å². The molecule has 0 bridgehead atoms. The van der Waals surface area contributed by atoms with Gasteiger partial charge in [0.25, 0.3) is 0 Å². The van der Waals surface area contributed by atoms with Crippen molar-refractivity contribution in [2.45, 2.75) is 27.0 Å². The highest BCUT2D eigenvalue weighted by Crippen LogP contribution is 2.10. The van der Waals surface area contributed by atoms with Crippen molar-refractivity contribution in [3.05, 3.63) is 47.3 Å². The highest BCUT2D eigenvalue weighted by molar-refractivity contribution is 5.88. The number of rotatable bonds is 6. The second-order valence-electron chi connectivity index (χ2n) is 5.06. The fraction of sp³-hybridized carbons (Fsp3) is 0.400. The van der Waals surface area contributed by atoms with E-state index >= 15 is 0 Å². The molecule has 6 heteroatoms. The zero-order chi connectivity index (χ0) is 15.2. The number of benzene rings is 1. The van der Waals surface area contributed by atoms with Crippen molar-refractivity contribution in [2.24, 2.45) is 5.92 Å². The Bertz CT molecular complexity index is 595. The topological polar surface area (TPSA) is 77.2 Å². The fourth-order valence-corrected chi connectivity index (χ4v) is 1.87. The van der Waals surface area contributed by atoms with Gasteiger partial charge in [-0.15, -0.1) is 5.10 Å². The van der Waals surface area contributed by atoms with Gasteiger partial charge in [-0.05, 0) is 18.4 Å². The number of hydrogen-bond acceptors (Lipinski definition) is 5. The van der Waals surface area contributed by atoms with E-state index in [4.69, 9.17) is 9.84 Å². The molecule has 1 N–H and O–H groups in total. The lowest BCUT2D eigenvalue weighted by atomic mass is 10.2. The summed E-state index contributed by atoms with van der Waals surface area (Å²) in [5.41, 5.74) is 1.79. The van der Waals surface area contributed by atoms with Gasteiger partial charge >= 0.3 is 5.97 Å². The van der Waals surface area contributed by atoms with E-state index in [0.717, 1.165) is 5.56 Å². The molecule has 1 heterocycles. The predicted octanol–water partition coefficient (Wildman–Crippen LogP) is 1.57. The van der Waals surface area contributed by atoms with E-state index < -0.39 is 5.97 Å². The van der Waals surface area contributed by atoms with Crippen LogP contribution in [0.1, 0.15) is 28.7 Å². The fourth-order valence-electron chi connectivity index (χ4n) is 1.87. The summed E-state index contributed by atoms with van der Waals surface area (Å²) in [4.78, 5) is 12.0. The maximum atomic E-state index is 12.0. The van der Waals surface area contributed by atoms with E-state index in [1.54, 1.807) is 11.6 Å². The van der Waals surface area contributed by atoms with Crippen molar-refractivity contribution in [3.8, 4) is 0 Å². The zero-order valence-electron chi connectivity index (χ0n) is 12.2. The first-order valence-corrected chi connectivity index (χ1v) is 6.83. The van der Waals surface area contributed by atoms with E-state index in [9.17, 15) is 4.79 Å². The van der Waals surface area contributed by atoms with Gasteiger partial charge in [0.1, 0.15) is 6.61 Å². The smallest absolute Gasteiger partial charge is 0.361 e. The van der Waals surface area contributed by atoms with E-state index in [-0.39, 0.29) is 24.8 Å². The Balaban J connectivity index is 2.00. The molecule has 0 saturated carbocycles. The third-order valence-electron chi connectivity index (χ3n) is 3.18. The molecule has 0 aliphatic carbocycles. The van der Waals surface area contributed by atoms with Gasteiger partial charge in [-0.2, -0.15) is 0 Å². The zero-order valence-corrected chi connectivity index (χ0v) is 12.2. The number of hydrogen-bond donors (Lipinski definition) is 1. The molecular formula is C15H19N3O3. The van der Waals surface area contributed by atoms with Gasteiger partial charge in [-0.1, -0.05) is 42.5 Å². The Morgan fingerprint density at radius 3 is 2.76 bits per heavy atom. The number of aliphatic hydroxyl groups is 1. The summed E-state index contributed by atoms with van der Waals surface area (Å²) in [6.45, 7) is 4.45. The van der Waals surface area contributed by atoms with Crippen LogP contribution in [-0.4, -0.2) is 32.7 Å². The second-order valence-corrected chi connectivity index (χ2v) is 5.06. The van der Waals surface area contributed by atoms with Crippen LogP contribution in [0.3, 0.4) is 0 Å². The normalized spacial score (nSPS) is 12.1. The Hall–Kier alpha value is -2.21. The first-order valence-electron chi connectivity index (χ1n) is 6.83. The molecule has 1 aromatic heterocycles. The van der Waals surface area contributed by atoms with Crippen molar-refractivity contribution in [2.75, 3.05) is 6.61 Å². The number of esters is 1. The molecular weight excluding hydrogens is 270 g/mol. The van der Waals surface area contributed by atoms with Crippen molar-refractivity contribution >= 4 is 5.97 Å². The molecule has 0 aliphatic heterocycles. The lowest BCUT2D eigenvalue weighted by Gasteiger charge is -2.08. The van der Waals surface area contributed by atoms with Crippen LogP contribution in [0.25, 0.3) is 0 Å². The standard InChI is InChI=1S/C15H19N3O3/c1-11(9-19)8-18-12(2)14(16-17-18)15(20)21-10-13-6-4-3-5-7-13/h3-7,11,19H,8-10H2,1-2H3. The summed E-state index contributed by atoms with van der Waals surface area (Å²) in [6, 6.07) is 9.46.